The predicted octanol–water partition coefficient (Wildman–Crippen LogP) is 2.79. The van der Waals surface area contributed by atoms with Gasteiger partial charge in [-0.25, -0.2) is 0 Å². The zero-order valence-corrected chi connectivity index (χ0v) is 16.1. The Hall–Kier alpha value is -1.02. The molecule has 0 aliphatic carbocycles. The average molecular weight is 421 g/mol. The molecule has 22 heavy (non-hydrogen) atoms. The summed E-state index contributed by atoms with van der Waals surface area (Å²) in [6, 6.07) is 7.95. The van der Waals surface area contributed by atoms with Gasteiger partial charge in [0.2, 0.25) is 0 Å². The van der Waals surface area contributed by atoms with Gasteiger partial charge in [-0.05, 0) is 12.5 Å². The fourth-order valence-corrected chi connectivity index (χ4v) is 1.84. The highest BCUT2D eigenvalue weighted by atomic mass is 127. The molecule has 6 heteroatoms. The van der Waals surface area contributed by atoms with E-state index in [1.54, 1.807) is 14.2 Å². The molecule has 0 aliphatic heterocycles. The second-order valence-corrected chi connectivity index (χ2v) is 4.63. The van der Waals surface area contributed by atoms with E-state index in [9.17, 15) is 0 Å². The molecule has 0 radical (unpaired) electrons. The first-order valence-corrected chi connectivity index (χ1v) is 7.46. The van der Waals surface area contributed by atoms with Crippen LogP contribution in [0.5, 0.6) is 5.75 Å². The Balaban J connectivity index is 0.00000441. The lowest BCUT2D eigenvalue weighted by Gasteiger charge is -2.13. The number of hydrogen-bond donors (Lipinski definition) is 2. The van der Waals surface area contributed by atoms with E-state index in [1.165, 1.54) is 0 Å². The molecule has 126 valence electrons. The molecule has 1 aromatic rings. The van der Waals surface area contributed by atoms with Crippen LogP contribution in [0.25, 0.3) is 0 Å². The number of para-hydroxylation sites is 1. The molecular formula is C16H28IN3O2. The maximum atomic E-state index is 5.50. The smallest absolute Gasteiger partial charge is 0.191 e. The number of hydrogen-bond acceptors (Lipinski definition) is 3. The first kappa shape index (κ1) is 21.0. The van der Waals surface area contributed by atoms with Gasteiger partial charge in [0.05, 0.1) is 13.7 Å². The summed E-state index contributed by atoms with van der Waals surface area (Å²) in [5.74, 6) is 1.64. The summed E-state index contributed by atoms with van der Waals surface area (Å²) in [6.07, 6.45) is 2.27. The molecule has 0 bridgehead atoms. The minimum atomic E-state index is 0. The molecule has 1 rings (SSSR count). The average Bonchev–Trinajstić information content (AvgIpc) is 2.53. The zero-order valence-electron chi connectivity index (χ0n) is 13.7. The van der Waals surface area contributed by atoms with Crippen LogP contribution in [0.4, 0.5) is 0 Å². The topological polar surface area (TPSA) is 54.9 Å². The molecule has 0 fully saturated rings. The third-order valence-electron chi connectivity index (χ3n) is 3.04. The van der Waals surface area contributed by atoms with Crippen molar-refractivity contribution in [2.45, 2.75) is 26.3 Å². The predicted molar refractivity (Wildman–Crippen MR) is 102 cm³/mol. The Labute approximate surface area is 150 Å². The van der Waals surface area contributed by atoms with E-state index in [0.717, 1.165) is 43.3 Å². The van der Waals surface area contributed by atoms with Crippen molar-refractivity contribution < 1.29 is 9.47 Å². The van der Waals surface area contributed by atoms with Gasteiger partial charge < -0.3 is 20.1 Å². The molecule has 0 saturated heterocycles. The third kappa shape index (κ3) is 8.43. The highest BCUT2D eigenvalue weighted by molar-refractivity contribution is 14.0. The van der Waals surface area contributed by atoms with Crippen LogP contribution in [-0.4, -0.2) is 39.9 Å². The van der Waals surface area contributed by atoms with Crippen LogP contribution in [-0.2, 0) is 11.3 Å². The van der Waals surface area contributed by atoms with Crippen LogP contribution in [0.1, 0.15) is 25.3 Å². The Kier molecular flexibility index (Phi) is 13.0. The highest BCUT2D eigenvalue weighted by Crippen LogP contribution is 2.16. The molecule has 0 heterocycles. The van der Waals surface area contributed by atoms with E-state index < -0.39 is 0 Å². The molecule has 0 aromatic heterocycles. The quantitative estimate of drug-likeness (QED) is 0.279. The number of nitrogens with one attached hydrogen (secondary N) is 2. The van der Waals surface area contributed by atoms with Crippen molar-refractivity contribution in [2.75, 3.05) is 33.9 Å². The number of methoxy groups -OCH3 is 1. The van der Waals surface area contributed by atoms with Crippen LogP contribution in [0.3, 0.4) is 0 Å². The van der Waals surface area contributed by atoms with Crippen LogP contribution in [0.2, 0.25) is 0 Å². The Bertz CT molecular complexity index is 428. The van der Waals surface area contributed by atoms with E-state index in [-0.39, 0.29) is 24.0 Å². The van der Waals surface area contributed by atoms with Crippen LogP contribution in [0, 0.1) is 0 Å². The number of aliphatic imine (C=N–C) groups is 1. The van der Waals surface area contributed by atoms with Crippen molar-refractivity contribution >= 4 is 29.9 Å². The summed E-state index contributed by atoms with van der Waals surface area (Å²) >= 11 is 0. The van der Waals surface area contributed by atoms with Gasteiger partial charge >= 0.3 is 0 Å². The van der Waals surface area contributed by atoms with Gasteiger partial charge in [0.1, 0.15) is 5.75 Å². The monoisotopic (exact) mass is 421 g/mol. The highest BCUT2D eigenvalue weighted by Gasteiger charge is 2.02. The molecule has 0 aliphatic rings. The zero-order chi connectivity index (χ0) is 15.3. The maximum Gasteiger partial charge on any atom is 0.191 e. The summed E-state index contributed by atoms with van der Waals surface area (Å²) in [4.78, 5) is 4.19. The molecular weight excluding hydrogens is 393 g/mol. The van der Waals surface area contributed by atoms with Gasteiger partial charge in [-0.15, -0.1) is 24.0 Å². The van der Waals surface area contributed by atoms with E-state index >= 15 is 0 Å². The first-order chi connectivity index (χ1) is 10.3. The van der Waals surface area contributed by atoms with E-state index in [1.807, 2.05) is 24.3 Å². The van der Waals surface area contributed by atoms with Gasteiger partial charge in [0.15, 0.2) is 5.96 Å². The first-order valence-electron chi connectivity index (χ1n) is 7.46. The van der Waals surface area contributed by atoms with E-state index in [0.29, 0.717) is 13.2 Å². The van der Waals surface area contributed by atoms with Gasteiger partial charge in [0, 0.05) is 32.3 Å². The summed E-state index contributed by atoms with van der Waals surface area (Å²) < 4.78 is 10.8. The number of halogens is 1. The van der Waals surface area contributed by atoms with Crippen molar-refractivity contribution in [3.05, 3.63) is 29.8 Å². The van der Waals surface area contributed by atoms with Gasteiger partial charge in [-0.1, -0.05) is 31.5 Å². The van der Waals surface area contributed by atoms with Crippen LogP contribution in [0.15, 0.2) is 29.3 Å². The molecule has 1 aromatic carbocycles. The number of ether oxygens (including phenoxy) is 2. The van der Waals surface area contributed by atoms with Crippen molar-refractivity contribution in [1.82, 2.24) is 10.6 Å². The number of rotatable bonds is 9. The SMILES string of the molecule is CCCCOCCNC(=NC)NCc1ccccc1OC.I. The maximum absolute atomic E-state index is 5.50. The largest absolute Gasteiger partial charge is 0.496 e. The summed E-state index contributed by atoms with van der Waals surface area (Å²) in [5, 5.41) is 6.49. The Morgan fingerprint density at radius 2 is 1.95 bits per heavy atom. The van der Waals surface area contributed by atoms with Gasteiger partial charge in [0.25, 0.3) is 0 Å². The number of nitrogens with zero attached hydrogens (tertiary/aromatic N) is 1. The van der Waals surface area contributed by atoms with Crippen molar-refractivity contribution in [3.63, 3.8) is 0 Å². The fourth-order valence-electron chi connectivity index (χ4n) is 1.84. The molecule has 2 N–H and O–H groups in total. The lowest BCUT2D eigenvalue weighted by atomic mass is 10.2. The second-order valence-electron chi connectivity index (χ2n) is 4.63. The van der Waals surface area contributed by atoms with Crippen LogP contribution < -0.4 is 15.4 Å². The normalized spacial score (nSPS) is 10.8. The molecule has 0 unspecified atom stereocenters. The van der Waals surface area contributed by atoms with Crippen LogP contribution >= 0.6 is 24.0 Å². The summed E-state index contributed by atoms with van der Waals surface area (Å²) in [7, 11) is 3.44. The van der Waals surface area contributed by atoms with E-state index in [2.05, 4.69) is 22.5 Å². The summed E-state index contributed by atoms with van der Waals surface area (Å²) in [6.45, 7) is 5.09. The standard InChI is InChI=1S/C16H27N3O2.HI/c1-4-5-11-21-12-10-18-16(17-2)19-13-14-8-6-7-9-15(14)20-3;/h6-9H,4-5,10-13H2,1-3H3,(H2,17,18,19);1H. The minimum Gasteiger partial charge on any atom is -0.496 e. The summed E-state index contributed by atoms with van der Waals surface area (Å²) in [5.41, 5.74) is 1.10. The Morgan fingerprint density at radius 3 is 2.64 bits per heavy atom. The van der Waals surface area contributed by atoms with E-state index in [4.69, 9.17) is 9.47 Å². The van der Waals surface area contributed by atoms with Crippen molar-refractivity contribution in [3.8, 4) is 5.75 Å². The van der Waals surface area contributed by atoms with Crippen molar-refractivity contribution in [1.29, 1.82) is 0 Å². The number of unbranched alkanes of at least 4 members (excludes halogenated alkanes) is 1. The second kappa shape index (κ2) is 13.6. The van der Waals surface area contributed by atoms with Gasteiger partial charge in [-0.3, -0.25) is 4.99 Å². The number of guanidine groups is 1. The third-order valence-corrected chi connectivity index (χ3v) is 3.04. The van der Waals surface area contributed by atoms with Gasteiger partial charge in [-0.2, -0.15) is 0 Å². The number of benzene rings is 1. The molecule has 0 amide bonds. The minimum absolute atomic E-state index is 0. The lowest BCUT2D eigenvalue weighted by molar-refractivity contribution is 0.136. The molecule has 0 atom stereocenters. The molecule has 5 nitrogen and oxygen atoms in total. The Morgan fingerprint density at radius 1 is 1.18 bits per heavy atom. The molecule has 0 saturated carbocycles. The lowest BCUT2D eigenvalue weighted by Crippen LogP contribution is -2.38. The fraction of sp³-hybridized carbons (Fsp3) is 0.562. The molecule has 0 spiro atoms. The van der Waals surface area contributed by atoms with Crippen molar-refractivity contribution in [2.24, 2.45) is 4.99 Å².